The highest BCUT2D eigenvalue weighted by Crippen LogP contribution is 2.37. The lowest BCUT2D eigenvalue weighted by molar-refractivity contribution is 0.0569. The highest BCUT2D eigenvalue weighted by atomic mass is 35.5. The molecule has 0 bridgehead atoms. The Hall–Kier alpha value is -0.570. The molecular weight excluding hydrogens is 280 g/mol. The summed E-state index contributed by atoms with van der Waals surface area (Å²) in [5, 5.41) is 0.801. The summed E-state index contributed by atoms with van der Waals surface area (Å²) in [5.74, 6) is 0.915. The molecule has 0 radical (unpaired) electrons. The van der Waals surface area contributed by atoms with Crippen molar-refractivity contribution in [1.29, 1.82) is 0 Å². The van der Waals surface area contributed by atoms with Crippen LogP contribution in [0.1, 0.15) is 51.0 Å². The van der Waals surface area contributed by atoms with Gasteiger partial charge in [-0.15, -0.1) is 0 Å². The molecule has 0 aliphatic heterocycles. The van der Waals surface area contributed by atoms with Crippen molar-refractivity contribution in [2.24, 2.45) is 11.7 Å². The fourth-order valence-electron chi connectivity index (χ4n) is 3.68. The number of hydrogen-bond acceptors (Lipinski definition) is 2. The van der Waals surface area contributed by atoms with Crippen LogP contribution in [-0.4, -0.2) is 24.0 Å². The molecule has 0 unspecified atom stereocenters. The zero-order valence-corrected chi connectivity index (χ0v) is 14.2. The van der Waals surface area contributed by atoms with Crippen LogP contribution >= 0.6 is 11.6 Å². The Balaban J connectivity index is 1.98. The summed E-state index contributed by atoms with van der Waals surface area (Å²) in [5.41, 5.74) is 7.67. The number of halogens is 1. The fraction of sp³-hybridized carbons (Fsp3) is 0.667. The van der Waals surface area contributed by atoms with Crippen molar-refractivity contribution in [2.75, 3.05) is 13.6 Å². The molecule has 1 aliphatic rings. The Labute approximate surface area is 134 Å². The average molecular weight is 309 g/mol. The van der Waals surface area contributed by atoms with Crippen molar-refractivity contribution in [3.63, 3.8) is 0 Å². The van der Waals surface area contributed by atoms with Gasteiger partial charge in [0.25, 0.3) is 0 Å². The molecule has 0 amide bonds. The van der Waals surface area contributed by atoms with Gasteiger partial charge in [-0.3, -0.25) is 4.90 Å². The largest absolute Gasteiger partial charge is 0.329 e. The first-order valence-corrected chi connectivity index (χ1v) is 8.63. The number of nitrogens with two attached hydrogens (primary N) is 1. The monoisotopic (exact) mass is 308 g/mol. The first-order chi connectivity index (χ1) is 10.1. The van der Waals surface area contributed by atoms with E-state index in [1.54, 1.807) is 0 Å². The zero-order chi connectivity index (χ0) is 15.3. The Morgan fingerprint density at radius 2 is 1.86 bits per heavy atom. The van der Waals surface area contributed by atoms with Crippen molar-refractivity contribution in [1.82, 2.24) is 4.90 Å². The third-order valence-electron chi connectivity index (χ3n) is 5.26. The van der Waals surface area contributed by atoms with E-state index >= 15 is 0 Å². The van der Waals surface area contributed by atoms with Gasteiger partial charge in [-0.1, -0.05) is 43.5 Å². The van der Waals surface area contributed by atoms with E-state index in [4.69, 9.17) is 17.3 Å². The van der Waals surface area contributed by atoms with Crippen molar-refractivity contribution >= 4 is 11.6 Å². The van der Waals surface area contributed by atoms with E-state index in [2.05, 4.69) is 31.0 Å². The van der Waals surface area contributed by atoms with E-state index in [9.17, 15) is 0 Å². The second kappa shape index (κ2) is 7.62. The first-order valence-electron chi connectivity index (χ1n) is 8.25. The van der Waals surface area contributed by atoms with E-state index in [0.29, 0.717) is 0 Å². The number of likely N-dealkylation sites (N-methyl/N-ethyl adjacent to an activating group) is 1. The summed E-state index contributed by atoms with van der Waals surface area (Å²) in [4.78, 5) is 2.47. The van der Waals surface area contributed by atoms with Gasteiger partial charge in [-0.25, -0.2) is 0 Å². The van der Waals surface area contributed by atoms with Crippen molar-refractivity contribution in [3.05, 3.63) is 34.9 Å². The van der Waals surface area contributed by atoms with E-state index in [1.165, 1.54) is 44.1 Å². The molecule has 0 spiro atoms. The third-order valence-corrected chi connectivity index (χ3v) is 5.51. The SMILES string of the molecule is CCCC1CCC(CN)(N(C)Cc2ccc(Cl)cc2)CC1. The summed E-state index contributed by atoms with van der Waals surface area (Å²) in [7, 11) is 2.22. The molecule has 1 aliphatic carbocycles. The molecular formula is C18H29ClN2. The molecule has 1 aromatic rings. The minimum Gasteiger partial charge on any atom is -0.329 e. The first kappa shape index (κ1) is 16.8. The molecule has 118 valence electrons. The van der Waals surface area contributed by atoms with Gasteiger partial charge in [0.2, 0.25) is 0 Å². The lowest BCUT2D eigenvalue weighted by Gasteiger charge is -2.46. The molecule has 0 aromatic heterocycles. The van der Waals surface area contributed by atoms with Crippen LogP contribution in [0.4, 0.5) is 0 Å². The summed E-state index contributed by atoms with van der Waals surface area (Å²) >= 11 is 5.96. The van der Waals surface area contributed by atoms with E-state index in [-0.39, 0.29) is 5.54 Å². The van der Waals surface area contributed by atoms with Crippen LogP contribution in [0.3, 0.4) is 0 Å². The lowest BCUT2D eigenvalue weighted by Crippen LogP contribution is -2.53. The van der Waals surface area contributed by atoms with Crippen LogP contribution in [0.5, 0.6) is 0 Å². The van der Waals surface area contributed by atoms with Gasteiger partial charge in [0.15, 0.2) is 0 Å². The standard InChI is InChI=1S/C18H29ClN2/c1-3-4-15-9-11-18(14-20,12-10-15)21(2)13-16-5-7-17(19)8-6-16/h5-8,15H,3-4,9-14,20H2,1-2H3. The molecule has 0 saturated heterocycles. The molecule has 2 N–H and O–H groups in total. The van der Waals surface area contributed by atoms with Crippen LogP contribution in [0, 0.1) is 5.92 Å². The second-order valence-corrected chi connectivity index (χ2v) is 7.08. The van der Waals surface area contributed by atoms with Crippen molar-refractivity contribution in [2.45, 2.75) is 57.5 Å². The van der Waals surface area contributed by atoms with Gasteiger partial charge in [0.1, 0.15) is 0 Å². The van der Waals surface area contributed by atoms with Gasteiger partial charge in [-0.2, -0.15) is 0 Å². The summed E-state index contributed by atoms with van der Waals surface area (Å²) in [6.45, 7) is 4.00. The summed E-state index contributed by atoms with van der Waals surface area (Å²) in [6, 6.07) is 8.17. The number of hydrogen-bond donors (Lipinski definition) is 1. The van der Waals surface area contributed by atoms with Gasteiger partial charge in [-0.05, 0) is 56.3 Å². The van der Waals surface area contributed by atoms with E-state index < -0.39 is 0 Å². The summed E-state index contributed by atoms with van der Waals surface area (Å²) < 4.78 is 0. The maximum Gasteiger partial charge on any atom is 0.0406 e. The second-order valence-electron chi connectivity index (χ2n) is 6.64. The van der Waals surface area contributed by atoms with Crippen LogP contribution in [0.2, 0.25) is 5.02 Å². The molecule has 2 rings (SSSR count). The molecule has 3 heteroatoms. The Bertz CT molecular complexity index is 421. The quantitative estimate of drug-likeness (QED) is 0.840. The van der Waals surface area contributed by atoms with Gasteiger partial charge in [0.05, 0.1) is 0 Å². The van der Waals surface area contributed by atoms with E-state index in [0.717, 1.165) is 24.0 Å². The number of rotatable bonds is 6. The molecule has 0 heterocycles. The van der Waals surface area contributed by atoms with Gasteiger partial charge < -0.3 is 5.73 Å². The fourth-order valence-corrected chi connectivity index (χ4v) is 3.81. The Kier molecular flexibility index (Phi) is 6.09. The van der Waals surface area contributed by atoms with Gasteiger partial charge >= 0.3 is 0 Å². The Morgan fingerprint density at radius 1 is 1.24 bits per heavy atom. The topological polar surface area (TPSA) is 29.3 Å². The minimum atomic E-state index is 0.184. The van der Waals surface area contributed by atoms with Crippen LogP contribution in [-0.2, 0) is 6.54 Å². The summed E-state index contributed by atoms with van der Waals surface area (Å²) in [6.07, 6.45) is 7.81. The number of benzene rings is 1. The average Bonchev–Trinajstić information content (AvgIpc) is 2.51. The lowest BCUT2D eigenvalue weighted by atomic mass is 9.74. The maximum absolute atomic E-state index is 6.17. The highest BCUT2D eigenvalue weighted by Gasteiger charge is 2.37. The zero-order valence-electron chi connectivity index (χ0n) is 13.4. The molecule has 1 aromatic carbocycles. The normalized spacial score (nSPS) is 26.2. The number of nitrogens with zero attached hydrogens (tertiary/aromatic N) is 1. The molecule has 2 nitrogen and oxygen atoms in total. The van der Waals surface area contributed by atoms with Crippen LogP contribution < -0.4 is 5.73 Å². The molecule has 21 heavy (non-hydrogen) atoms. The predicted molar refractivity (Wildman–Crippen MR) is 91.6 cm³/mol. The minimum absolute atomic E-state index is 0.184. The van der Waals surface area contributed by atoms with Crippen LogP contribution in [0.25, 0.3) is 0 Å². The third kappa shape index (κ3) is 4.21. The van der Waals surface area contributed by atoms with Crippen molar-refractivity contribution in [3.8, 4) is 0 Å². The van der Waals surface area contributed by atoms with Gasteiger partial charge in [0, 0.05) is 23.7 Å². The molecule has 1 saturated carbocycles. The van der Waals surface area contributed by atoms with Crippen molar-refractivity contribution < 1.29 is 0 Å². The molecule has 0 atom stereocenters. The van der Waals surface area contributed by atoms with E-state index in [1.807, 2.05) is 12.1 Å². The smallest absolute Gasteiger partial charge is 0.0406 e. The highest BCUT2D eigenvalue weighted by molar-refractivity contribution is 6.30. The predicted octanol–water partition coefficient (Wildman–Crippen LogP) is 4.46. The molecule has 1 fully saturated rings. The Morgan fingerprint density at radius 3 is 2.38 bits per heavy atom. The maximum atomic E-state index is 6.17. The van der Waals surface area contributed by atoms with Crippen LogP contribution in [0.15, 0.2) is 24.3 Å².